The molecule has 0 fully saturated rings. The van der Waals surface area contributed by atoms with Crippen LogP contribution in [-0.4, -0.2) is 21.9 Å². The van der Waals surface area contributed by atoms with Gasteiger partial charge in [0.05, 0.1) is 16.5 Å². The van der Waals surface area contributed by atoms with Crippen molar-refractivity contribution >= 4 is 34.4 Å². The molecule has 0 aromatic carbocycles. The van der Waals surface area contributed by atoms with Crippen LogP contribution in [0.1, 0.15) is 30.4 Å². The topological polar surface area (TPSA) is 119 Å². The highest BCUT2D eigenvalue weighted by atomic mass is 16.4. The van der Waals surface area contributed by atoms with Crippen LogP contribution in [0.25, 0.3) is 16.7 Å². The number of nitrogens with two attached hydrogens (primary N) is 1. The molecule has 1 aliphatic rings. The van der Waals surface area contributed by atoms with Crippen LogP contribution in [0.3, 0.4) is 0 Å². The summed E-state index contributed by atoms with van der Waals surface area (Å²) in [7, 11) is 0. The summed E-state index contributed by atoms with van der Waals surface area (Å²) in [5.41, 5.74) is 7.39. The molecule has 25 heavy (non-hydrogen) atoms. The number of hydrogen-bond acceptors (Lipinski definition) is 5. The van der Waals surface area contributed by atoms with Gasteiger partial charge in [0.2, 0.25) is 11.6 Å². The highest BCUT2D eigenvalue weighted by molar-refractivity contribution is 6.17. The van der Waals surface area contributed by atoms with Crippen molar-refractivity contribution < 1.29 is 14.3 Å². The fraction of sp³-hybridized carbons (Fsp3) is 0.222. The highest BCUT2D eigenvalue weighted by Crippen LogP contribution is 2.29. The third kappa shape index (κ3) is 3.08. The number of hydrogen-bond donors (Lipinski definition) is 2. The standard InChI is InChI=1S/C18H17N3O4/c1-9-14(22)13-7-12(11-5-3-4-6-11)8-20-17(13)25-16(9)21-15(19)10(2)18(23)24/h5,7-8H,2-4,6H2,1H3,(H2,19,21)(H,23,24). The number of allylic oxidation sites excluding steroid dienone is 2. The van der Waals surface area contributed by atoms with Crippen LogP contribution in [0.4, 0.5) is 5.88 Å². The Morgan fingerprint density at radius 2 is 2.24 bits per heavy atom. The van der Waals surface area contributed by atoms with E-state index in [9.17, 15) is 9.59 Å². The summed E-state index contributed by atoms with van der Waals surface area (Å²) in [4.78, 5) is 31.6. The molecule has 0 radical (unpaired) electrons. The molecule has 0 aliphatic heterocycles. The maximum absolute atomic E-state index is 12.6. The van der Waals surface area contributed by atoms with Crippen LogP contribution in [0.5, 0.6) is 0 Å². The van der Waals surface area contributed by atoms with E-state index >= 15 is 0 Å². The van der Waals surface area contributed by atoms with E-state index in [1.165, 1.54) is 5.57 Å². The van der Waals surface area contributed by atoms with Crippen LogP contribution in [0.15, 0.2) is 44.7 Å². The van der Waals surface area contributed by atoms with Crippen molar-refractivity contribution in [2.75, 3.05) is 0 Å². The zero-order chi connectivity index (χ0) is 18.1. The summed E-state index contributed by atoms with van der Waals surface area (Å²) in [6.07, 6.45) is 6.90. The largest absolute Gasteiger partial charge is 0.478 e. The Morgan fingerprint density at radius 3 is 2.88 bits per heavy atom. The molecule has 7 heteroatoms. The third-order valence-electron chi connectivity index (χ3n) is 4.15. The molecule has 0 amide bonds. The molecule has 3 N–H and O–H groups in total. The van der Waals surface area contributed by atoms with Gasteiger partial charge in [-0.05, 0) is 43.4 Å². The van der Waals surface area contributed by atoms with Crippen LogP contribution in [-0.2, 0) is 4.79 Å². The number of aliphatic imine (C=N–C) groups is 1. The number of pyridine rings is 1. The maximum atomic E-state index is 12.6. The molecule has 2 aromatic heterocycles. The van der Waals surface area contributed by atoms with Crippen molar-refractivity contribution in [2.45, 2.75) is 26.2 Å². The summed E-state index contributed by atoms with van der Waals surface area (Å²) in [6.45, 7) is 4.87. The van der Waals surface area contributed by atoms with E-state index < -0.39 is 5.97 Å². The normalized spacial score (nSPS) is 14.6. The summed E-state index contributed by atoms with van der Waals surface area (Å²) in [5.74, 6) is -1.70. The van der Waals surface area contributed by atoms with Gasteiger partial charge in [-0.2, -0.15) is 4.99 Å². The SMILES string of the molecule is C=C(C(=O)O)C(N)=Nc1oc2ncc(C3=CCCC3)cc2c(=O)c1C. The molecule has 0 saturated carbocycles. The summed E-state index contributed by atoms with van der Waals surface area (Å²) < 4.78 is 5.56. The van der Waals surface area contributed by atoms with Gasteiger partial charge in [0.1, 0.15) is 5.84 Å². The second-order valence-corrected chi connectivity index (χ2v) is 5.84. The molecule has 2 aromatic rings. The number of carboxylic acid groups (broad SMARTS) is 1. The molecular weight excluding hydrogens is 322 g/mol. The molecule has 128 valence electrons. The fourth-order valence-electron chi connectivity index (χ4n) is 2.67. The van der Waals surface area contributed by atoms with Crippen LogP contribution < -0.4 is 11.2 Å². The number of fused-ring (bicyclic) bond motifs is 1. The minimum absolute atomic E-state index is 0.0715. The van der Waals surface area contributed by atoms with E-state index in [4.69, 9.17) is 15.3 Å². The quantitative estimate of drug-likeness (QED) is 0.502. The molecule has 0 spiro atoms. The molecular formula is C18H17N3O4. The minimum atomic E-state index is -1.30. The first-order valence-corrected chi connectivity index (χ1v) is 7.78. The Hall–Kier alpha value is -3.22. The molecule has 0 unspecified atom stereocenters. The van der Waals surface area contributed by atoms with E-state index in [-0.39, 0.29) is 34.0 Å². The van der Waals surface area contributed by atoms with Gasteiger partial charge in [0.15, 0.2) is 5.43 Å². The van der Waals surface area contributed by atoms with Crippen LogP contribution >= 0.6 is 0 Å². The van der Waals surface area contributed by atoms with Crippen molar-refractivity contribution in [1.82, 2.24) is 4.98 Å². The Morgan fingerprint density at radius 1 is 1.48 bits per heavy atom. The summed E-state index contributed by atoms with van der Waals surface area (Å²) in [5, 5.41) is 9.25. The van der Waals surface area contributed by atoms with E-state index in [1.807, 2.05) is 0 Å². The lowest BCUT2D eigenvalue weighted by Gasteiger charge is -2.06. The lowest BCUT2D eigenvalue weighted by Crippen LogP contribution is -2.20. The second kappa shape index (κ2) is 6.35. The molecule has 2 heterocycles. The third-order valence-corrected chi connectivity index (χ3v) is 4.15. The lowest BCUT2D eigenvalue weighted by atomic mass is 10.1. The number of carbonyl (C=O) groups is 1. The molecule has 7 nitrogen and oxygen atoms in total. The number of nitrogens with zero attached hydrogens (tertiary/aromatic N) is 2. The van der Waals surface area contributed by atoms with Gasteiger partial charge in [-0.1, -0.05) is 12.7 Å². The average molecular weight is 339 g/mol. The Labute approximate surface area is 143 Å². The van der Waals surface area contributed by atoms with Gasteiger partial charge in [0.25, 0.3) is 0 Å². The molecule has 0 saturated heterocycles. The van der Waals surface area contributed by atoms with Gasteiger partial charge < -0.3 is 15.3 Å². The number of aromatic nitrogens is 1. The zero-order valence-corrected chi connectivity index (χ0v) is 13.7. The monoisotopic (exact) mass is 339 g/mol. The first-order chi connectivity index (χ1) is 11.9. The first kappa shape index (κ1) is 16.6. The Balaban J connectivity index is 2.12. The Kier molecular flexibility index (Phi) is 4.22. The van der Waals surface area contributed by atoms with Gasteiger partial charge in [-0.15, -0.1) is 0 Å². The number of amidine groups is 1. The van der Waals surface area contributed by atoms with Crippen molar-refractivity contribution in [2.24, 2.45) is 10.7 Å². The molecule has 0 bridgehead atoms. The number of rotatable bonds is 4. The predicted octanol–water partition coefficient (Wildman–Crippen LogP) is 2.69. The van der Waals surface area contributed by atoms with Crippen molar-refractivity contribution in [3.8, 4) is 0 Å². The van der Waals surface area contributed by atoms with Crippen LogP contribution in [0.2, 0.25) is 0 Å². The first-order valence-electron chi connectivity index (χ1n) is 7.78. The predicted molar refractivity (Wildman–Crippen MR) is 94.9 cm³/mol. The molecule has 1 aliphatic carbocycles. The van der Waals surface area contributed by atoms with Crippen molar-refractivity contribution in [3.63, 3.8) is 0 Å². The van der Waals surface area contributed by atoms with E-state index in [0.717, 1.165) is 24.8 Å². The highest BCUT2D eigenvalue weighted by Gasteiger charge is 2.16. The number of carboxylic acids is 1. The van der Waals surface area contributed by atoms with Gasteiger partial charge >= 0.3 is 5.97 Å². The maximum Gasteiger partial charge on any atom is 0.338 e. The molecule has 3 rings (SSSR count). The van der Waals surface area contributed by atoms with Crippen molar-refractivity contribution in [3.05, 3.63) is 51.8 Å². The minimum Gasteiger partial charge on any atom is -0.478 e. The lowest BCUT2D eigenvalue weighted by molar-refractivity contribution is -0.132. The second-order valence-electron chi connectivity index (χ2n) is 5.84. The zero-order valence-electron chi connectivity index (χ0n) is 13.7. The summed E-state index contributed by atoms with van der Waals surface area (Å²) in [6, 6.07) is 1.77. The van der Waals surface area contributed by atoms with Gasteiger partial charge in [0, 0.05) is 6.20 Å². The van der Waals surface area contributed by atoms with E-state index in [1.54, 1.807) is 19.2 Å². The average Bonchev–Trinajstić information content (AvgIpc) is 3.13. The van der Waals surface area contributed by atoms with Crippen molar-refractivity contribution in [1.29, 1.82) is 0 Å². The summed E-state index contributed by atoms with van der Waals surface area (Å²) >= 11 is 0. The fourth-order valence-corrected chi connectivity index (χ4v) is 2.67. The smallest absolute Gasteiger partial charge is 0.338 e. The van der Waals surface area contributed by atoms with Gasteiger partial charge in [-0.25, -0.2) is 9.78 Å². The molecule has 0 atom stereocenters. The van der Waals surface area contributed by atoms with Crippen LogP contribution in [0, 0.1) is 6.92 Å². The Bertz CT molecular complexity index is 1010. The van der Waals surface area contributed by atoms with E-state index in [0.29, 0.717) is 5.39 Å². The van der Waals surface area contributed by atoms with Gasteiger partial charge in [-0.3, -0.25) is 4.79 Å². The number of aliphatic carboxylic acids is 1. The van der Waals surface area contributed by atoms with E-state index in [2.05, 4.69) is 22.6 Å².